The molecule has 0 aliphatic carbocycles. The van der Waals surface area contributed by atoms with E-state index in [0.717, 1.165) is 5.92 Å². The standard InChI is InChI=1S/C9H19N/c1-2-4-9-5-3-7-10-8-6-9/h9-10H,2-8H2,1H3/t9-/m0/s1. The number of hydrogen-bond acceptors (Lipinski definition) is 1. The van der Waals surface area contributed by atoms with E-state index in [0.29, 0.717) is 0 Å². The Morgan fingerprint density at radius 3 is 3.00 bits per heavy atom. The molecule has 1 heterocycles. The van der Waals surface area contributed by atoms with Crippen molar-refractivity contribution in [3.05, 3.63) is 0 Å². The molecule has 1 atom stereocenters. The Morgan fingerprint density at radius 2 is 2.20 bits per heavy atom. The van der Waals surface area contributed by atoms with E-state index in [9.17, 15) is 0 Å². The molecule has 1 aliphatic heterocycles. The van der Waals surface area contributed by atoms with Crippen molar-refractivity contribution in [2.24, 2.45) is 5.92 Å². The molecular weight excluding hydrogens is 122 g/mol. The van der Waals surface area contributed by atoms with Crippen molar-refractivity contribution in [2.75, 3.05) is 13.1 Å². The molecule has 10 heavy (non-hydrogen) atoms. The van der Waals surface area contributed by atoms with Crippen LogP contribution < -0.4 is 5.32 Å². The average Bonchev–Trinajstić information content (AvgIpc) is 2.17. The van der Waals surface area contributed by atoms with Crippen molar-refractivity contribution >= 4 is 0 Å². The molecule has 0 bridgehead atoms. The van der Waals surface area contributed by atoms with E-state index in [1.807, 2.05) is 0 Å². The van der Waals surface area contributed by atoms with E-state index in [-0.39, 0.29) is 0 Å². The molecule has 1 fully saturated rings. The summed E-state index contributed by atoms with van der Waals surface area (Å²) in [5, 5.41) is 3.44. The van der Waals surface area contributed by atoms with Crippen molar-refractivity contribution in [2.45, 2.75) is 39.0 Å². The van der Waals surface area contributed by atoms with Crippen LogP contribution in [0.4, 0.5) is 0 Å². The molecule has 0 aromatic rings. The van der Waals surface area contributed by atoms with Gasteiger partial charge in [-0.3, -0.25) is 0 Å². The Balaban J connectivity index is 2.15. The Morgan fingerprint density at radius 1 is 1.30 bits per heavy atom. The van der Waals surface area contributed by atoms with E-state index in [1.54, 1.807) is 0 Å². The molecule has 0 amide bonds. The van der Waals surface area contributed by atoms with Gasteiger partial charge in [-0.25, -0.2) is 0 Å². The fourth-order valence-electron chi connectivity index (χ4n) is 1.79. The first-order chi connectivity index (χ1) is 4.93. The molecule has 1 rings (SSSR count). The second-order valence-corrected chi connectivity index (χ2v) is 3.34. The van der Waals surface area contributed by atoms with Gasteiger partial charge in [0.2, 0.25) is 0 Å². The van der Waals surface area contributed by atoms with Crippen LogP contribution in [0.3, 0.4) is 0 Å². The van der Waals surface area contributed by atoms with Gasteiger partial charge in [0.25, 0.3) is 0 Å². The summed E-state index contributed by atoms with van der Waals surface area (Å²) in [5.74, 6) is 1.03. The van der Waals surface area contributed by atoms with Crippen LogP contribution in [0.5, 0.6) is 0 Å². The van der Waals surface area contributed by atoms with Gasteiger partial charge in [-0.15, -0.1) is 0 Å². The minimum Gasteiger partial charge on any atom is -0.317 e. The van der Waals surface area contributed by atoms with Gasteiger partial charge in [-0.05, 0) is 38.3 Å². The highest BCUT2D eigenvalue weighted by Gasteiger charge is 2.09. The molecule has 0 radical (unpaired) electrons. The second-order valence-electron chi connectivity index (χ2n) is 3.34. The Kier molecular flexibility index (Phi) is 3.81. The molecule has 1 heteroatoms. The number of rotatable bonds is 2. The third-order valence-electron chi connectivity index (χ3n) is 2.39. The summed E-state index contributed by atoms with van der Waals surface area (Å²) in [7, 11) is 0. The smallest absolute Gasteiger partial charge is 0.00463 e. The minimum atomic E-state index is 1.03. The van der Waals surface area contributed by atoms with E-state index in [4.69, 9.17) is 0 Å². The zero-order chi connectivity index (χ0) is 7.23. The molecule has 0 spiro atoms. The van der Waals surface area contributed by atoms with Gasteiger partial charge in [-0.1, -0.05) is 19.8 Å². The summed E-state index contributed by atoms with van der Waals surface area (Å²) in [6.45, 7) is 4.79. The number of nitrogens with one attached hydrogen (secondary N) is 1. The van der Waals surface area contributed by atoms with Crippen molar-refractivity contribution in [3.63, 3.8) is 0 Å². The quantitative estimate of drug-likeness (QED) is 0.621. The lowest BCUT2D eigenvalue weighted by molar-refractivity contribution is 0.434. The average molecular weight is 141 g/mol. The minimum absolute atomic E-state index is 1.03. The lowest BCUT2D eigenvalue weighted by atomic mass is 9.96. The van der Waals surface area contributed by atoms with Crippen molar-refractivity contribution in [1.82, 2.24) is 5.32 Å². The maximum absolute atomic E-state index is 3.44. The molecule has 60 valence electrons. The fraction of sp³-hybridized carbons (Fsp3) is 1.00. The first kappa shape index (κ1) is 8.06. The highest BCUT2D eigenvalue weighted by molar-refractivity contribution is 4.65. The molecule has 1 aliphatic rings. The van der Waals surface area contributed by atoms with Gasteiger partial charge >= 0.3 is 0 Å². The summed E-state index contributed by atoms with van der Waals surface area (Å²) in [4.78, 5) is 0. The van der Waals surface area contributed by atoms with Gasteiger partial charge in [0.05, 0.1) is 0 Å². The van der Waals surface area contributed by atoms with Crippen LogP contribution in [0.25, 0.3) is 0 Å². The maximum Gasteiger partial charge on any atom is -0.00463 e. The fourth-order valence-corrected chi connectivity index (χ4v) is 1.79. The molecule has 0 saturated carbocycles. The highest BCUT2D eigenvalue weighted by atomic mass is 14.8. The van der Waals surface area contributed by atoms with E-state index in [2.05, 4.69) is 12.2 Å². The molecule has 0 aromatic carbocycles. The number of hydrogen-bond donors (Lipinski definition) is 1. The Hall–Kier alpha value is -0.0400. The van der Waals surface area contributed by atoms with Crippen LogP contribution >= 0.6 is 0 Å². The van der Waals surface area contributed by atoms with E-state index >= 15 is 0 Å². The van der Waals surface area contributed by atoms with Gasteiger partial charge < -0.3 is 5.32 Å². The predicted octanol–water partition coefficient (Wildman–Crippen LogP) is 2.18. The summed E-state index contributed by atoms with van der Waals surface area (Å²) < 4.78 is 0. The zero-order valence-electron chi connectivity index (χ0n) is 7.03. The first-order valence-electron chi connectivity index (χ1n) is 4.64. The Labute approximate surface area is 64.2 Å². The van der Waals surface area contributed by atoms with Gasteiger partial charge in [0.1, 0.15) is 0 Å². The van der Waals surface area contributed by atoms with Crippen LogP contribution in [-0.2, 0) is 0 Å². The lowest BCUT2D eigenvalue weighted by Gasteiger charge is -2.10. The second kappa shape index (κ2) is 4.73. The topological polar surface area (TPSA) is 12.0 Å². The first-order valence-corrected chi connectivity index (χ1v) is 4.64. The molecular formula is C9H19N. The maximum atomic E-state index is 3.44. The van der Waals surface area contributed by atoms with Crippen LogP contribution in [0, 0.1) is 5.92 Å². The Bertz CT molecular complexity index is 72.8. The molecule has 1 saturated heterocycles. The lowest BCUT2D eigenvalue weighted by Crippen LogP contribution is -2.13. The van der Waals surface area contributed by atoms with Gasteiger partial charge in [0, 0.05) is 0 Å². The largest absolute Gasteiger partial charge is 0.317 e. The molecule has 0 aromatic heterocycles. The summed E-state index contributed by atoms with van der Waals surface area (Å²) >= 11 is 0. The van der Waals surface area contributed by atoms with Crippen LogP contribution in [0.1, 0.15) is 39.0 Å². The third kappa shape index (κ3) is 2.70. The van der Waals surface area contributed by atoms with Crippen molar-refractivity contribution < 1.29 is 0 Å². The van der Waals surface area contributed by atoms with E-state index in [1.165, 1.54) is 45.2 Å². The predicted molar refractivity (Wildman–Crippen MR) is 45.1 cm³/mol. The highest BCUT2D eigenvalue weighted by Crippen LogP contribution is 2.18. The van der Waals surface area contributed by atoms with Gasteiger partial charge in [0.15, 0.2) is 0 Å². The normalized spacial score (nSPS) is 27.9. The molecule has 1 N–H and O–H groups in total. The molecule has 0 unspecified atom stereocenters. The zero-order valence-corrected chi connectivity index (χ0v) is 7.03. The van der Waals surface area contributed by atoms with Crippen LogP contribution in [0.2, 0.25) is 0 Å². The van der Waals surface area contributed by atoms with Crippen molar-refractivity contribution in [1.29, 1.82) is 0 Å². The van der Waals surface area contributed by atoms with Crippen molar-refractivity contribution in [3.8, 4) is 0 Å². The van der Waals surface area contributed by atoms with Crippen LogP contribution in [0.15, 0.2) is 0 Å². The molecule has 1 nitrogen and oxygen atoms in total. The summed E-state index contributed by atoms with van der Waals surface area (Å²) in [6, 6.07) is 0. The monoisotopic (exact) mass is 141 g/mol. The van der Waals surface area contributed by atoms with Crippen LogP contribution in [-0.4, -0.2) is 13.1 Å². The SMILES string of the molecule is CCC[C@H]1CCCNCC1. The van der Waals surface area contributed by atoms with E-state index < -0.39 is 0 Å². The van der Waals surface area contributed by atoms with Gasteiger partial charge in [-0.2, -0.15) is 0 Å². The summed E-state index contributed by atoms with van der Waals surface area (Å²) in [6.07, 6.45) is 7.08. The third-order valence-corrected chi connectivity index (χ3v) is 2.39. The summed E-state index contributed by atoms with van der Waals surface area (Å²) in [5.41, 5.74) is 0.